The molecule has 0 bridgehead atoms. The zero-order valence-corrected chi connectivity index (χ0v) is 9.22. The molecule has 2 heterocycles. The lowest BCUT2D eigenvalue weighted by Gasteiger charge is -2.31. The van der Waals surface area contributed by atoms with Crippen LogP contribution in [0.2, 0.25) is 0 Å². The summed E-state index contributed by atoms with van der Waals surface area (Å²) in [6.07, 6.45) is 7.53. The highest BCUT2D eigenvalue weighted by molar-refractivity contribution is 5.81. The SMILES string of the molecule is O=C1OC=C2C=C3C=C4OCOC4CC3CC12. The Balaban J connectivity index is 1.73. The predicted molar refractivity (Wildman–Crippen MR) is 57.4 cm³/mol. The quantitative estimate of drug-likeness (QED) is 0.596. The molecule has 0 amide bonds. The fraction of sp³-hybridized carbons (Fsp3) is 0.462. The van der Waals surface area contributed by atoms with Crippen molar-refractivity contribution in [1.29, 1.82) is 0 Å². The number of ether oxygens (including phenoxy) is 3. The van der Waals surface area contributed by atoms with Gasteiger partial charge in [-0.3, -0.25) is 4.79 Å². The molecule has 1 saturated heterocycles. The summed E-state index contributed by atoms with van der Waals surface area (Å²) in [5.41, 5.74) is 2.23. The van der Waals surface area contributed by atoms with Crippen LogP contribution >= 0.6 is 0 Å². The normalized spacial score (nSPS) is 38.0. The Morgan fingerprint density at radius 3 is 3.06 bits per heavy atom. The van der Waals surface area contributed by atoms with Crippen LogP contribution in [-0.2, 0) is 19.0 Å². The third-order valence-corrected chi connectivity index (χ3v) is 3.94. The molecule has 3 atom stereocenters. The van der Waals surface area contributed by atoms with Crippen molar-refractivity contribution in [3.05, 3.63) is 35.3 Å². The van der Waals surface area contributed by atoms with E-state index in [2.05, 4.69) is 12.2 Å². The van der Waals surface area contributed by atoms with E-state index < -0.39 is 0 Å². The van der Waals surface area contributed by atoms with Gasteiger partial charge in [0.2, 0.25) is 0 Å². The number of cyclic esters (lactones) is 1. The van der Waals surface area contributed by atoms with Crippen molar-refractivity contribution in [1.82, 2.24) is 0 Å². The molecule has 17 heavy (non-hydrogen) atoms. The minimum absolute atomic E-state index is 0.0685. The Kier molecular flexibility index (Phi) is 1.80. The molecular weight excluding hydrogens is 220 g/mol. The molecule has 4 aliphatic rings. The lowest BCUT2D eigenvalue weighted by molar-refractivity contribution is -0.139. The summed E-state index contributed by atoms with van der Waals surface area (Å²) in [4.78, 5) is 11.5. The van der Waals surface area contributed by atoms with E-state index in [1.807, 2.05) is 0 Å². The topological polar surface area (TPSA) is 44.8 Å². The highest BCUT2D eigenvalue weighted by Gasteiger charge is 2.41. The van der Waals surface area contributed by atoms with Gasteiger partial charge in [0.1, 0.15) is 11.9 Å². The number of carbonyl (C=O) groups is 1. The van der Waals surface area contributed by atoms with Gasteiger partial charge in [-0.25, -0.2) is 0 Å². The Morgan fingerprint density at radius 1 is 1.18 bits per heavy atom. The monoisotopic (exact) mass is 232 g/mol. The second kappa shape index (κ2) is 3.23. The van der Waals surface area contributed by atoms with Crippen molar-refractivity contribution in [3.63, 3.8) is 0 Å². The molecule has 0 spiro atoms. The van der Waals surface area contributed by atoms with Gasteiger partial charge in [0.25, 0.3) is 0 Å². The van der Waals surface area contributed by atoms with Gasteiger partial charge in [-0.15, -0.1) is 0 Å². The van der Waals surface area contributed by atoms with Gasteiger partial charge in [-0.2, -0.15) is 0 Å². The molecule has 0 aromatic heterocycles. The molecule has 88 valence electrons. The smallest absolute Gasteiger partial charge is 0.318 e. The first kappa shape index (κ1) is 9.48. The van der Waals surface area contributed by atoms with Gasteiger partial charge in [0.05, 0.1) is 12.2 Å². The highest BCUT2D eigenvalue weighted by atomic mass is 16.7. The van der Waals surface area contributed by atoms with Gasteiger partial charge < -0.3 is 14.2 Å². The third kappa shape index (κ3) is 1.30. The summed E-state index contributed by atoms with van der Waals surface area (Å²) in [7, 11) is 0. The van der Waals surface area contributed by atoms with E-state index >= 15 is 0 Å². The number of esters is 1. The lowest BCUT2D eigenvalue weighted by atomic mass is 9.74. The Hall–Kier alpha value is -1.55. The maximum absolute atomic E-state index is 11.5. The molecule has 0 radical (unpaired) electrons. The van der Waals surface area contributed by atoms with Crippen LogP contribution < -0.4 is 0 Å². The first-order valence-corrected chi connectivity index (χ1v) is 5.89. The second-order valence-electron chi connectivity index (χ2n) is 4.88. The van der Waals surface area contributed by atoms with Crippen LogP contribution in [0.5, 0.6) is 0 Å². The molecule has 0 N–H and O–H groups in total. The molecule has 2 aliphatic carbocycles. The maximum atomic E-state index is 11.5. The van der Waals surface area contributed by atoms with E-state index in [0.29, 0.717) is 12.7 Å². The van der Waals surface area contributed by atoms with Crippen LogP contribution in [0, 0.1) is 11.8 Å². The molecule has 1 fully saturated rings. The second-order valence-corrected chi connectivity index (χ2v) is 4.88. The molecule has 2 aliphatic heterocycles. The Bertz CT molecular complexity index is 486. The maximum Gasteiger partial charge on any atom is 0.318 e. The third-order valence-electron chi connectivity index (χ3n) is 3.94. The van der Waals surface area contributed by atoms with Gasteiger partial charge in [-0.1, -0.05) is 6.08 Å². The van der Waals surface area contributed by atoms with Gasteiger partial charge >= 0.3 is 5.97 Å². The Labute approximate surface area is 98.5 Å². The number of allylic oxidation sites excluding steroid dienone is 3. The average molecular weight is 232 g/mol. The van der Waals surface area contributed by atoms with Gasteiger partial charge in [0.15, 0.2) is 6.79 Å². The minimum Gasteiger partial charge on any atom is -0.469 e. The Morgan fingerprint density at radius 2 is 2.12 bits per heavy atom. The zero-order chi connectivity index (χ0) is 11.4. The average Bonchev–Trinajstić information content (AvgIpc) is 2.91. The molecule has 4 heteroatoms. The van der Waals surface area contributed by atoms with Crippen molar-refractivity contribution in [2.75, 3.05) is 6.79 Å². The summed E-state index contributed by atoms with van der Waals surface area (Å²) >= 11 is 0. The number of hydrogen-bond acceptors (Lipinski definition) is 4. The fourth-order valence-electron chi connectivity index (χ4n) is 3.02. The molecule has 0 aromatic carbocycles. The molecule has 4 nitrogen and oxygen atoms in total. The first-order chi connectivity index (χ1) is 8.31. The fourth-order valence-corrected chi connectivity index (χ4v) is 3.02. The number of carbonyl (C=O) groups excluding carboxylic acids is 1. The number of fused-ring (bicyclic) bond motifs is 3. The molecule has 4 rings (SSSR count). The van der Waals surface area contributed by atoms with Crippen LogP contribution in [0.25, 0.3) is 0 Å². The standard InChI is InChI=1S/C13H12O4/c14-13-10-2-8-4-12-11(16-6-17-12)3-7(8)1-9(10)5-15-13/h1,3,5,8,10,12H,2,4,6H2. The van der Waals surface area contributed by atoms with E-state index in [9.17, 15) is 4.79 Å². The van der Waals surface area contributed by atoms with E-state index in [1.165, 1.54) is 5.57 Å². The van der Waals surface area contributed by atoms with Crippen molar-refractivity contribution < 1.29 is 19.0 Å². The predicted octanol–water partition coefficient (Wildman–Crippen LogP) is 1.65. The highest BCUT2D eigenvalue weighted by Crippen LogP contribution is 2.44. The molecule has 3 unspecified atom stereocenters. The van der Waals surface area contributed by atoms with E-state index in [4.69, 9.17) is 14.2 Å². The van der Waals surface area contributed by atoms with Crippen LogP contribution in [0.1, 0.15) is 12.8 Å². The van der Waals surface area contributed by atoms with Crippen LogP contribution in [0.3, 0.4) is 0 Å². The molecule has 0 aromatic rings. The summed E-state index contributed by atoms with van der Waals surface area (Å²) in [5, 5.41) is 0. The molecule has 0 saturated carbocycles. The number of rotatable bonds is 0. The van der Waals surface area contributed by atoms with Crippen molar-refractivity contribution >= 4 is 5.97 Å². The van der Waals surface area contributed by atoms with Gasteiger partial charge in [-0.05, 0) is 30.4 Å². The first-order valence-electron chi connectivity index (χ1n) is 5.89. The van der Waals surface area contributed by atoms with Crippen LogP contribution in [0.4, 0.5) is 0 Å². The van der Waals surface area contributed by atoms with E-state index in [1.54, 1.807) is 6.26 Å². The summed E-state index contributed by atoms with van der Waals surface area (Å²) < 4.78 is 15.9. The van der Waals surface area contributed by atoms with Crippen LogP contribution in [0.15, 0.2) is 35.3 Å². The summed E-state index contributed by atoms with van der Waals surface area (Å²) in [5.74, 6) is 1.13. The van der Waals surface area contributed by atoms with E-state index in [0.717, 1.165) is 24.2 Å². The summed E-state index contributed by atoms with van der Waals surface area (Å²) in [6, 6.07) is 0. The van der Waals surface area contributed by atoms with E-state index in [-0.39, 0.29) is 18.0 Å². The van der Waals surface area contributed by atoms with Gasteiger partial charge in [0, 0.05) is 5.57 Å². The number of hydrogen-bond donors (Lipinski definition) is 0. The minimum atomic E-state index is -0.117. The zero-order valence-electron chi connectivity index (χ0n) is 9.22. The van der Waals surface area contributed by atoms with Crippen molar-refractivity contribution in [3.8, 4) is 0 Å². The largest absolute Gasteiger partial charge is 0.469 e. The lowest BCUT2D eigenvalue weighted by Crippen LogP contribution is -2.27. The van der Waals surface area contributed by atoms with Crippen LogP contribution in [-0.4, -0.2) is 18.9 Å². The molecular formula is C13H12O4. The summed E-state index contributed by atoms with van der Waals surface area (Å²) in [6.45, 7) is 0.352. The van der Waals surface area contributed by atoms with Crippen molar-refractivity contribution in [2.24, 2.45) is 11.8 Å². The van der Waals surface area contributed by atoms with Crippen molar-refractivity contribution in [2.45, 2.75) is 18.9 Å².